The lowest BCUT2D eigenvalue weighted by molar-refractivity contribution is -0.402. The van der Waals surface area contributed by atoms with E-state index in [0.717, 1.165) is 12.5 Å². The van der Waals surface area contributed by atoms with Gasteiger partial charge in [-0.15, -0.1) is 0 Å². The summed E-state index contributed by atoms with van der Waals surface area (Å²) in [6.07, 6.45) is -8.38. The van der Waals surface area contributed by atoms with Crippen LogP contribution in [0.3, 0.4) is 0 Å². The molecule has 0 radical (unpaired) electrons. The standard InChI is InChI=1S/C10H12N.C8H4F6.3BF4/c1-8-7-9-5-3-4-6-10(9)11(8)2;9-7(10,11)5-2-1-3-6(4-5)8(12,13)14;3*2-1(3,4)5/h3-6H,7H2,1-2H3;1-4H;;;/q+1;;3*-1. The van der Waals surface area contributed by atoms with E-state index < -0.39 is 45.2 Å². The second-order valence-corrected chi connectivity index (χ2v) is 7.16. The molecule has 2 aromatic rings. The summed E-state index contributed by atoms with van der Waals surface area (Å²) in [6.45, 7) is 2.18. The van der Waals surface area contributed by atoms with E-state index >= 15 is 0 Å². The normalized spacial score (nSPS) is 13.3. The fraction of sp³-hybridized carbons (Fsp3) is 0.278. The van der Waals surface area contributed by atoms with Crippen LogP contribution in [-0.2, 0) is 18.8 Å². The monoisotopic (exact) mass is 621 g/mol. The number of para-hydroxylation sites is 1. The molecule has 2 aromatic carbocycles. The molecule has 0 fully saturated rings. The number of hydrogen-bond acceptors (Lipinski definition) is 0. The highest BCUT2D eigenvalue weighted by molar-refractivity contribution is 6.50. The van der Waals surface area contributed by atoms with Crippen LogP contribution >= 0.6 is 0 Å². The fourth-order valence-electron chi connectivity index (χ4n) is 2.46. The first-order valence-corrected chi connectivity index (χ1v) is 10.0. The van der Waals surface area contributed by atoms with Crippen LogP contribution in [0.2, 0.25) is 0 Å². The molecule has 0 bridgehead atoms. The van der Waals surface area contributed by atoms with E-state index in [4.69, 9.17) is 0 Å². The van der Waals surface area contributed by atoms with Gasteiger partial charge in [0.1, 0.15) is 7.05 Å². The number of nitrogens with zero attached hydrogens (tertiary/aromatic N) is 1. The van der Waals surface area contributed by atoms with Gasteiger partial charge >= 0.3 is 34.1 Å². The minimum Gasteiger partial charge on any atom is -0.418 e. The third kappa shape index (κ3) is 23.0. The first-order valence-electron chi connectivity index (χ1n) is 10.0. The summed E-state index contributed by atoms with van der Waals surface area (Å²) >= 11 is 0. The van der Waals surface area contributed by atoms with Crippen molar-refractivity contribution in [3.8, 4) is 0 Å². The van der Waals surface area contributed by atoms with Crippen LogP contribution < -0.4 is 0 Å². The molecule has 0 aliphatic carbocycles. The Bertz CT molecular complexity index is 992. The van der Waals surface area contributed by atoms with Crippen LogP contribution in [0.25, 0.3) is 0 Å². The highest BCUT2D eigenvalue weighted by Gasteiger charge is 2.35. The zero-order valence-electron chi connectivity index (χ0n) is 19.8. The SMILES string of the molecule is CC1=[N+](C)c2ccccc2C1.FC(F)(F)c1cccc(C(F)(F)F)c1.F[B-](F)(F)F.F[B-](F)(F)F.F[B-](F)(F)F. The zero-order chi connectivity index (χ0) is 32.3. The summed E-state index contributed by atoms with van der Waals surface area (Å²) in [7, 11) is -15.9. The van der Waals surface area contributed by atoms with Gasteiger partial charge in [0, 0.05) is 18.6 Å². The summed E-state index contributed by atoms with van der Waals surface area (Å²) < 4.78 is 191. The average Bonchev–Trinajstić information content (AvgIpc) is 2.98. The lowest BCUT2D eigenvalue weighted by Crippen LogP contribution is -2.09. The number of benzene rings is 2. The minimum atomic E-state index is -6.00. The Labute approximate surface area is 214 Å². The molecule has 3 rings (SSSR count). The first-order chi connectivity index (χ1) is 17.5. The molecule has 40 heavy (non-hydrogen) atoms. The summed E-state index contributed by atoms with van der Waals surface area (Å²) in [5, 5.41) is 0. The molecule has 0 unspecified atom stereocenters. The molecule has 22 heteroatoms. The third-order valence-electron chi connectivity index (χ3n) is 3.89. The topological polar surface area (TPSA) is 3.01 Å². The predicted molar refractivity (Wildman–Crippen MR) is 114 cm³/mol. The largest absolute Gasteiger partial charge is 0.673 e. The molecule has 1 heterocycles. The van der Waals surface area contributed by atoms with E-state index in [1.165, 1.54) is 17.0 Å². The Kier molecular flexibility index (Phi) is 14.8. The molecule has 0 spiro atoms. The smallest absolute Gasteiger partial charge is 0.418 e. The molecule has 1 aliphatic rings. The van der Waals surface area contributed by atoms with E-state index in [1.807, 2.05) is 0 Å². The van der Waals surface area contributed by atoms with E-state index in [-0.39, 0.29) is 6.07 Å². The Balaban J connectivity index is 0. The van der Waals surface area contributed by atoms with Crippen molar-refractivity contribution in [1.82, 2.24) is 0 Å². The second-order valence-electron chi connectivity index (χ2n) is 7.16. The molecule has 0 saturated carbocycles. The number of rotatable bonds is 0. The number of alkyl halides is 6. The van der Waals surface area contributed by atoms with Crippen molar-refractivity contribution in [2.75, 3.05) is 7.05 Å². The van der Waals surface area contributed by atoms with Gasteiger partial charge in [0.15, 0.2) is 5.71 Å². The quantitative estimate of drug-likeness (QED) is 0.157. The lowest BCUT2D eigenvalue weighted by atomic mass is 10.1. The minimum absolute atomic E-state index is 0.0833. The summed E-state index contributed by atoms with van der Waals surface area (Å²) in [6, 6.07) is 10.6. The van der Waals surface area contributed by atoms with Gasteiger partial charge in [-0.1, -0.05) is 24.3 Å². The first kappa shape index (κ1) is 39.2. The maximum absolute atomic E-state index is 12.0. The van der Waals surface area contributed by atoms with E-state index in [9.17, 15) is 78.1 Å². The van der Waals surface area contributed by atoms with E-state index in [0.29, 0.717) is 12.1 Å². The van der Waals surface area contributed by atoms with Crippen LogP contribution in [0.5, 0.6) is 0 Å². The molecule has 1 aliphatic heterocycles. The Morgan fingerprint density at radius 3 is 1.20 bits per heavy atom. The average molecular weight is 621 g/mol. The van der Waals surface area contributed by atoms with Crippen LogP contribution in [0.1, 0.15) is 23.6 Å². The Hall–Kier alpha value is -2.96. The molecule has 230 valence electrons. The lowest BCUT2D eigenvalue weighted by Gasteiger charge is -2.10. The van der Waals surface area contributed by atoms with E-state index in [2.05, 4.69) is 42.8 Å². The van der Waals surface area contributed by atoms with Crippen molar-refractivity contribution in [2.24, 2.45) is 0 Å². The molecule has 0 saturated heterocycles. The van der Waals surface area contributed by atoms with Crippen molar-refractivity contribution >= 4 is 33.2 Å². The van der Waals surface area contributed by atoms with Crippen molar-refractivity contribution < 1.29 is 82.7 Å². The Morgan fingerprint density at radius 1 is 0.575 bits per heavy atom. The van der Waals surface area contributed by atoms with Crippen molar-refractivity contribution in [1.29, 1.82) is 0 Å². The van der Waals surface area contributed by atoms with Crippen LogP contribution in [-0.4, -0.2) is 39.1 Å². The number of halogens is 18. The molecular formula is C18H16B3F18N-2. The molecular weight excluding hydrogens is 605 g/mol. The highest BCUT2D eigenvalue weighted by atomic mass is 19.5. The maximum atomic E-state index is 12.0. The second kappa shape index (κ2) is 15.2. The van der Waals surface area contributed by atoms with Crippen molar-refractivity contribution in [2.45, 2.75) is 25.7 Å². The van der Waals surface area contributed by atoms with Gasteiger partial charge in [-0.25, -0.2) is 4.58 Å². The van der Waals surface area contributed by atoms with E-state index in [1.54, 1.807) is 0 Å². The van der Waals surface area contributed by atoms with Gasteiger partial charge in [-0.2, -0.15) is 26.3 Å². The van der Waals surface area contributed by atoms with Crippen LogP contribution in [0.4, 0.5) is 83.8 Å². The van der Waals surface area contributed by atoms with Gasteiger partial charge in [0.25, 0.3) is 0 Å². The maximum Gasteiger partial charge on any atom is 0.673 e. The summed E-state index contributed by atoms with van der Waals surface area (Å²) in [4.78, 5) is 0. The molecule has 0 amide bonds. The van der Waals surface area contributed by atoms with Gasteiger partial charge in [-0.3, -0.25) is 0 Å². The molecule has 0 N–H and O–H groups in total. The van der Waals surface area contributed by atoms with Crippen molar-refractivity contribution in [3.05, 3.63) is 65.2 Å². The Morgan fingerprint density at radius 2 is 0.900 bits per heavy atom. The predicted octanol–water partition coefficient (Wildman–Crippen LogP) is 9.60. The number of fused-ring (bicyclic) bond motifs is 1. The summed E-state index contributed by atoms with van der Waals surface area (Å²) in [5.74, 6) is 0. The summed E-state index contributed by atoms with van der Waals surface area (Å²) in [5.41, 5.74) is 1.66. The van der Waals surface area contributed by atoms with Gasteiger partial charge in [0.2, 0.25) is 5.69 Å². The molecule has 0 aromatic heterocycles. The zero-order valence-corrected chi connectivity index (χ0v) is 19.8. The van der Waals surface area contributed by atoms with Crippen molar-refractivity contribution in [3.63, 3.8) is 0 Å². The number of hydrogen-bond donors (Lipinski definition) is 0. The third-order valence-corrected chi connectivity index (χ3v) is 3.89. The highest BCUT2D eigenvalue weighted by Crippen LogP contribution is 2.35. The fourth-order valence-corrected chi connectivity index (χ4v) is 2.46. The molecule has 1 nitrogen and oxygen atoms in total. The van der Waals surface area contributed by atoms with Gasteiger partial charge in [0.05, 0.1) is 17.5 Å². The van der Waals surface area contributed by atoms with Crippen LogP contribution in [0, 0.1) is 0 Å². The van der Waals surface area contributed by atoms with Gasteiger partial charge < -0.3 is 51.8 Å². The van der Waals surface area contributed by atoms with Gasteiger partial charge in [-0.05, 0) is 18.2 Å². The molecule has 0 atom stereocenters. The van der Waals surface area contributed by atoms with Crippen LogP contribution in [0.15, 0.2) is 48.5 Å².